The summed E-state index contributed by atoms with van der Waals surface area (Å²) >= 11 is 16.7. The van der Waals surface area contributed by atoms with Gasteiger partial charge in [0.15, 0.2) is 0 Å². The number of rotatable bonds is 14. The Balaban J connectivity index is 1.25. The number of aromatic nitrogens is 3. The van der Waals surface area contributed by atoms with Crippen LogP contribution in [0.5, 0.6) is 5.88 Å². The van der Waals surface area contributed by atoms with Crippen molar-refractivity contribution in [2.24, 2.45) is 0 Å². The van der Waals surface area contributed by atoms with Gasteiger partial charge in [-0.2, -0.15) is 0 Å². The van der Waals surface area contributed by atoms with Crippen molar-refractivity contribution < 1.29 is 14.1 Å². The van der Waals surface area contributed by atoms with E-state index in [1.807, 2.05) is 67.6 Å². The van der Waals surface area contributed by atoms with Gasteiger partial charge in [0.2, 0.25) is 11.8 Å². The Morgan fingerprint density at radius 1 is 1.00 bits per heavy atom. The van der Waals surface area contributed by atoms with Crippen molar-refractivity contribution in [1.29, 1.82) is 0 Å². The molecule has 0 bridgehead atoms. The number of benzene rings is 2. The molecular weight excluding hydrogens is 727 g/mol. The van der Waals surface area contributed by atoms with Crippen molar-refractivity contribution in [2.45, 2.75) is 50.4 Å². The molecule has 14 heteroatoms. The zero-order valence-corrected chi connectivity index (χ0v) is 31.5. The molecule has 266 valence electrons. The minimum atomic E-state index is -0.138. The Morgan fingerprint density at radius 3 is 2.43 bits per heavy atom. The highest BCUT2D eigenvalue weighted by Crippen LogP contribution is 2.42. The molecule has 1 unspecified atom stereocenters. The summed E-state index contributed by atoms with van der Waals surface area (Å²) in [6.07, 6.45) is 3.14. The van der Waals surface area contributed by atoms with Gasteiger partial charge in [-0.1, -0.05) is 65.7 Å². The van der Waals surface area contributed by atoms with Crippen LogP contribution in [-0.4, -0.2) is 55.0 Å². The third-order valence-electron chi connectivity index (χ3n) is 8.73. The first-order valence-electron chi connectivity index (χ1n) is 16.4. The van der Waals surface area contributed by atoms with Crippen molar-refractivity contribution in [3.05, 3.63) is 104 Å². The maximum absolute atomic E-state index is 13.2. The lowest BCUT2D eigenvalue weighted by atomic mass is 9.97. The topological polar surface area (TPSA) is 130 Å². The number of amides is 1. The van der Waals surface area contributed by atoms with Crippen molar-refractivity contribution >= 4 is 58.6 Å². The Labute approximate surface area is 314 Å². The van der Waals surface area contributed by atoms with Gasteiger partial charge >= 0.3 is 0 Å². The molecule has 5 aromatic rings. The van der Waals surface area contributed by atoms with E-state index < -0.39 is 0 Å². The van der Waals surface area contributed by atoms with Crippen LogP contribution in [0.2, 0.25) is 10.0 Å². The molecule has 2 atom stereocenters. The largest absolute Gasteiger partial charge is 0.481 e. The van der Waals surface area contributed by atoms with Gasteiger partial charge in [0.05, 0.1) is 33.9 Å². The number of hydrogen-bond donors (Lipinski definition) is 4. The number of fused-ring (bicyclic) bond motifs is 1. The third-order valence-corrected chi connectivity index (χ3v) is 11.2. The lowest BCUT2D eigenvalue weighted by Crippen LogP contribution is -2.26. The van der Waals surface area contributed by atoms with Crippen molar-refractivity contribution in [3.8, 4) is 39.4 Å². The number of nitrogens with zero attached hydrogens (tertiary/aromatic N) is 3. The van der Waals surface area contributed by atoms with Gasteiger partial charge in [0.25, 0.3) is 5.56 Å². The normalized spacial score (nSPS) is 14.9. The molecule has 1 aliphatic rings. The number of carbonyl (C=O) groups is 1. The average Bonchev–Trinajstić information content (AvgIpc) is 3.56. The SMILES string of the molecule is COc1nc(-c2cccc(-c3cccc(-c4ccn5c(=O)c(C)c(CNC[C@H](C)SO)nc5c4)c3Cl)c2Cl)ccc1CNCSC1CCC(=O)N1. The quantitative estimate of drug-likeness (QED) is 0.0515. The number of nitrogens with one attached hydrogen (secondary N) is 3. The van der Waals surface area contributed by atoms with Crippen LogP contribution >= 0.6 is 47.0 Å². The van der Waals surface area contributed by atoms with E-state index in [1.165, 1.54) is 4.40 Å². The van der Waals surface area contributed by atoms with Crippen LogP contribution in [0, 0.1) is 6.92 Å². The van der Waals surface area contributed by atoms with E-state index in [9.17, 15) is 14.1 Å². The van der Waals surface area contributed by atoms with Crippen LogP contribution in [-0.2, 0) is 17.9 Å². The first kappa shape index (κ1) is 37.1. The first-order valence-corrected chi connectivity index (χ1v) is 19.1. The van der Waals surface area contributed by atoms with Gasteiger partial charge in [-0.15, -0.1) is 11.8 Å². The summed E-state index contributed by atoms with van der Waals surface area (Å²) in [6.45, 7) is 5.21. The number of halogens is 2. The molecule has 10 nitrogen and oxygen atoms in total. The zero-order valence-electron chi connectivity index (χ0n) is 28.3. The molecule has 3 aromatic heterocycles. The van der Waals surface area contributed by atoms with Gasteiger partial charge < -0.3 is 25.2 Å². The van der Waals surface area contributed by atoms with E-state index >= 15 is 0 Å². The van der Waals surface area contributed by atoms with E-state index in [4.69, 9.17) is 37.9 Å². The smallest absolute Gasteiger partial charge is 0.261 e. The van der Waals surface area contributed by atoms with E-state index in [0.717, 1.165) is 51.8 Å². The summed E-state index contributed by atoms with van der Waals surface area (Å²) < 4.78 is 16.5. The van der Waals surface area contributed by atoms with Crippen molar-refractivity contribution in [1.82, 2.24) is 30.3 Å². The Morgan fingerprint density at radius 2 is 1.73 bits per heavy atom. The maximum atomic E-state index is 13.2. The highest BCUT2D eigenvalue weighted by atomic mass is 35.5. The summed E-state index contributed by atoms with van der Waals surface area (Å²) in [5.74, 6) is 1.28. The van der Waals surface area contributed by atoms with Crippen molar-refractivity contribution in [2.75, 3.05) is 19.5 Å². The number of methoxy groups -OCH3 is 1. The van der Waals surface area contributed by atoms with E-state index in [2.05, 4.69) is 16.0 Å². The molecule has 1 amide bonds. The van der Waals surface area contributed by atoms with Crippen LogP contribution in [0.4, 0.5) is 0 Å². The van der Waals surface area contributed by atoms with Gasteiger partial charge in [-0.3, -0.25) is 14.0 Å². The lowest BCUT2D eigenvalue weighted by Gasteiger charge is -2.16. The molecule has 2 aromatic carbocycles. The van der Waals surface area contributed by atoms with Gasteiger partial charge in [0.1, 0.15) is 5.65 Å². The maximum Gasteiger partial charge on any atom is 0.261 e. The molecule has 0 radical (unpaired) electrons. The molecular formula is C37H38Cl2N6O4S2. The van der Waals surface area contributed by atoms with Crippen LogP contribution in [0.25, 0.3) is 39.2 Å². The summed E-state index contributed by atoms with van der Waals surface area (Å²) in [7, 11) is 1.60. The zero-order chi connectivity index (χ0) is 36.1. The standard InChI is InChI=1S/C37H38Cl2N6O4S2/c1-21(51-48)17-40-19-30-22(2)37(47)45-15-14-23(16-31(45)42-30)25-6-4-7-26(34(25)38)27-8-5-9-28(35(27)39)29-11-10-24(36(43-29)49-3)18-41-20-50-33-13-12-32(46)44-33/h4-11,14-16,21,33,40-41,48H,12-13,17-20H2,1-3H3,(H,44,46)/t21-,33?/m0/s1. The summed E-state index contributed by atoms with van der Waals surface area (Å²) in [4.78, 5) is 34.3. The molecule has 0 spiro atoms. The second-order valence-corrected chi connectivity index (χ2v) is 15.2. The van der Waals surface area contributed by atoms with Gasteiger partial charge in [-0.05, 0) is 56.1 Å². The van der Waals surface area contributed by atoms with Crippen LogP contribution < -0.4 is 26.2 Å². The fourth-order valence-corrected chi connectivity index (χ4v) is 7.70. The second-order valence-electron chi connectivity index (χ2n) is 12.2. The average molecular weight is 766 g/mol. The fourth-order valence-electron chi connectivity index (χ4n) is 5.93. The van der Waals surface area contributed by atoms with Crippen LogP contribution in [0.15, 0.2) is 71.7 Å². The molecule has 4 heterocycles. The van der Waals surface area contributed by atoms with E-state index in [0.29, 0.717) is 70.5 Å². The first-order chi connectivity index (χ1) is 24.7. The molecule has 6 rings (SSSR count). The van der Waals surface area contributed by atoms with E-state index in [1.54, 1.807) is 32.0 Å². The molecule has 51 heavy (non-hydrogen) atoms. The van der Waals surface area contributed by atoms with Crippen LogP contribution in [0.1, 0.15) is 36.6 Å². The number of carbonyl (C=O) groups excluding carboxylic acids is 1. The molecule has 1 aliphatic heterocycles. The van der Waals surface area contributed by atoms with Crippen LogP contribution in [0.3, 0.4) is 0 Å². The fraction of sp³-hybridized carbons (Fsp3) is 0.297. The molecule has 0 aliphatic carbocycles. The van der Waals surface area contributed by atoms with E-state index in [-0.39, 0.29) is 22.1 Å². The summed E-state index contributed by atoms with van der Waals surface area (Å²) in [6, 6.07) is 19.2. The molecule has 0 saturated carbocycles. The highest BCUT2D eigenvalue weighted by molar-refractivity contribution is 7.99. The summed E-state index contributed by atoms with van der Waals surface area (Å²) in [5, 5.41) is 10.8. The van der Waals surface area contributed by atoms with Gasteiger partial charge in [0, 0.05) is 76.8 Å². The van der Waals surface area contributed by atoms with Crippen molar-refractivity contribution in [3.63, 3.8) is 0 Å². The minimum absolute atomic E-state index is 0.0127. The second kappa shape index (κ2) is 16.8. The lowest BCUT2D eigenvalue weighted by molar-refractivity contribution is -0.119. The number of ether oxygens (including phenoxy) is 1. The monoisotopic (exact) mass is 764 g/mol. The molecule has 4 N–H and O–H groups in total. The summed E-state index contributed by atoms with van der Waals surface area (Å²) in [5.41, 5.74) is 6.96. The Kier molecular flexibility index (Phi) is 12.2. The predicted molar refractivity (Wildman–Crippen MR) is 209 cm³/mol. The minimum Gasteiger partial charge on any atom is -0.481 e. The third kappa shape index (κ3) is 8.38. The predicted octanol–water partition coefficient (Wildman–Crippen LogP) is 7.42. The Bertz CT molecular complexity index is 2130. The highest BCUT2D eigenvalue weighted by Gasteiger charge is 2.21. The Hall–Kier alpha value is -3.62. The number of pyridine rings is 2. The number of hydrogen-bond acceptors (Lipinski definition) is 10. The van der Waals surface area contributed by atoms with Gasteiger partial charge in [-0.25, -0.2) is 9.97 Å². The number of thioether (sulfide) groups is 1. The molecule has 1 fully saturated rings. The molecule has 1 saturated heterocycles.